The molecule has 0 radical (unpaired) electrons. The van der Waals surface area contributed by atoms with Crippen LogP contribution in [0.2, 0.25) is 0 Å². The van der Waals surface area contributed by atoms with Gasteiger partial charge in [0, 0.05) is 21.6 Å². The summed E-state index contributed by atoms with van der Waals surface area (Å²) in [6, 6.07) is 4.74. The van der Waals surface area contributed by atoms with E-state index >= 15 is 0 Å². The second-order valence-electron chi connectivity index (χ2n) is 3.73. The smallest absolute Gasteiger partial charge is 0.270 e. The van der Waals surface area contributed by atoms with Crippen molar-refractivity contribution in [1.29, 1.82) is 0 Å². The SMILES string of the molecule is CCC(O)C(C)c1ccc([N+](=O)[O-])cc1I. The van der Waals surface area contributed by atoms with Gasteiger partial charge in [-0.2, -0.15) is 0 Å². The maximum atomic E-state index is 10.6. The van der Waals surface area contributed by atoms with Crippen LogP contribution in [-0.4, -0.2) is 16.1 Å². The molecule has 0 fully saturated rings. The molecule has 0 aromatic heterocycles. The molecular weight excluding hydrogens is 321 g/mol. The first-order valence-electron chi connectivity index (χ1n) is 5.09. The molecule has 5 heteroatoms. The van der Waals surface area contributed by atoms with Gasteiger partial charge in [0.2, 0.25) is 0 Å². The average molecular weight is 335 g/mol. The molecule has 1 aromatic carbocycles. The van der Waals surface area contributed by atoms with Crippen LogP contribution in [-0.2, 0) is 0 Å². The standard InChI is InChI=1S/C11H14INO3/c1-3-11(14)7(2)9-5-4-8(13(15)16)6-10(9)12/h4-7,11,14H,3H2,1-2H3. The lowest BCUT2D eigenvalue weighted by atomic mass is 9.94. The highest BCUT2D eigenvalue weighted by Gasteiger charge is 2.18. The van der Waals surface area contributed by atoms with Crippen LogP contribution in [0.3, 0.4) is 0 Å². The minimum Gasteiger partial charge on any atom is -0.393 e. The largest absolute Gasteiger partial charge is 0.393 e. The lowest BCUT2D eigenvalue weighted by Gasteiger charge is -2.18. The number of benzene rings is 1. The van der Waals surface area contributed by atoms with Gasteiger partial charge in [0.1, 0.15) is 0 Å². The quantitative estimate of drug-likeness (QED) is 0.523. The zero-order chi connectivity index (χ0) is 12.3. The Balaban J connectivity index is 3.03. The zero-order valence-electron chi connectivity index (χ0n) is 9.18. The fourth-order valence-corrected chi connectivity index (χ4v) is 2.55. The molecular formula is C11H14INO3. The summed E-state index contributed by atoms with van der Waals surface area (Å²) >= 11 is 2.07. The van der Waals surface area contributed by atoms with Gasteiger partial charge in [-0.3, -0.25) is 10.1 Å². The fraction of sp³-hybridized carbons (Fsp3) is 0.455. The molecule has 0 amide bonds. The van der Waals surface area contributed by atoms with E-state index < -0.39 is 11.0 Å². The van der Waals surface area contributed by atoms with Gasteiger partial charge in [0.25, 0.3) is 5.69 Å². The minimum atomic E-state index is -0.410. The number of nitro benzene ring substituents is 1. The summed E-state index contributed by atoms with van der Waals surface area (Å²) in [5, 5.41) is 20.3. The van der Waals surface area contributed by atoms with E-state index in [9.17, 15) is 15.2 Å². The van der Waals surface area contributed by atoms with E-state index in [1.807, 2.05) is 13.8 Å². The van der Waals surface area contributed by atoms with E-state index in [2.05, 4.69) is 22.6 Å². The van der Waals surface area contributed by atoms with Crippen molar-refractivity contribution < 1.29 is 10.0 Å². The van der Waals surface area contributed by atoms with Crippen LogP contribution in [0.4, 0.5) is 5.69 Å². The van der Waals surface area contributed by atoms with Crippen LogP contribution in [0.5, 0.6) is 0 Å². The number of nitrogens with zero attached hydrogens (tertiary/aromatic N) is 1. The van der Waals surface area contributed by atoms with Crippen LogP contribution < -0.4 is 0 Å². The molecule has 1 N–H and O–H groups in total. The zero-order valence-corrected chi connectivity index (χ0v) is 11.3. The Hall–Kier alpha value is -0.690. The summed E-state index contributed by atoms with van der Waals surface area (Å²) in [5.41, 5.74) is 1.05. The van der Waals surface area contributed by atoms with Gasteiger partial charge in [-0.05, 0) is 34.6 Å². The van der Waals surface area contributed by atoms with Crippen molar-refractivity contribution in [1.82, 2.24) is 0 Å². The van der Waals surface area contributed by atoms with Crippen molar-refractivity contribution in [2.75, 3.05) is 0 Å². The first-order chi connectivity index (χ1) is 7.47. The summed E-state index contributed by atoms with van der Waals surface area (Å²) < 4.78 is 0.826. The van der Waals surface area contributed by atoms with E-state index in [0.29, 0.717) is 6.42 Å². The van der Waals surface area contributed by atoms with Crippen LogP contribution in [0, 0.1) is 13.7 Å². The van der Waals surface area contributed by atoms with E-state index in [-0.39, 0.29) is 11.6 Å². The molecule has 0 heterocycles. The summed E-state index contributed by atoms with van der Waals surface area (Å²) in [5.74, 6) is -0.00213. The molecule has 1 rings (SSSR count). The summed E-state index contributed by atoms with van der Waals surface area (Å²) in [6.07, 6.45) is 0.267. The normalized spacial score (nSPS) is 14.5. The van der Waals surface area contributed by atoms with Crippen molar-refractivity contribution in [2.24, 2.45) is 0 Å². The molecule has 0 spiro atoms. The highest BCUT2D eigenvalue weighted by atomic mass is 127. The van der Waals surface area contributed by atoms with Gasteiger partial charge in [-0.15, -0.1) is 0 Å². The second kappa shape index (κ2) is 5.58. The van der Waals surface area contributed by atoms with E-state index in [0.717, 1.165) is 9.13 Å². The van der Waals surface area contributed by atoms with Crippen LogP contribution >= 0.6 is 22.6 Å². The van der Waals surface area contributed by atoms with E-state index in [1.165, 1.54) is 12.1 Å². The van der Waals surface area contributed by atoms with Crippen molar-refractivity contribution in [3.05, 3.63) is 37.4 Å². The molecule has 88 valence electrons. The van der Waals surface area contributed by atoms with Crippen molar-refractivity contribution in [3.8, 4) is 0 Å². The third-order valence-corrected chi connectivity index (χ3v) is 3.62. The van der Waals surface area contributed by atoms with Crippen molar-refractivity contribution >= 4 is 28.3 Å². The molecule has 1 aromatic rings. The molecule has 0 aliphatic carbocycles. The van der Waals surface area contributed by atoms with Crippen molar-refractivity contribution in [3.63, 3.8) is 0 Å². The molecule has 16 heavy (non-hydrogen) atoms. The Morgan fingerprint density at radius 2 is 2.19 bits per heavy atom. The monoisotopic (exact) mass is 335 g/mol. The Morgan fingerprint density at radius 1 is 1.56 bits per heavy atom. The topological polar surface area (TPSA) is 63.4 Å². The van der Waals surface area contributed by atoms with Crippen molar-refractivity contribution in [2.45, 2.75) is 32.3 Å². The van der Waals surface area contributed by atoms with Gasteiger partial charge in [0.15, 0.2) is 0 Å². The van der Waals surface area contributed by atoms with Gasteiger partial charge < -0.3 is 5.11 Å². The lowest BCUT2D eigenvalue weighted by Crippen LogP contribution is -2.15. The average Bonchev–Trinajstić information content (AvgIpc) is 2.26. The van der Waals surface area contributed by atoms with Gasteiger partial charge >= 0.3 is 0 Å². The van der Waals surface area contributed by atoms with Gasteiger partial charge in [0.05, 0.1) is 11.0 Å². The third-order valence-electron chi connectivity index (χ3n) is 2.68. The number of hydrogen-bond donors (Lipinski definition) is 1. The number of halogens is 1. The summed E-state index contributed by atoms with van der Waals surface area (Å²) in [7, 11) is 0. The Labute approximate surface area is 108 Å². The molecule has 2 atom stereocenters. The molecule has 2 unspecified atom stereocenters. The molecule has 0 bridgehead atoms. The minimum absolute atomic E-state index is 0.00213. The Kier molecular flexibility index (Phi) is 4.67. The van der Waals surface area contributed by atoms with Gasteiger partial charge in [-0.1, -0.05) is 19.9 Å². The summed E-state index contributed by atoms with van der Waals surface area (Å²) in [6.45, 7) is 3.84. The molecule has 0 saturated carbocycles. The maximum Gasteiger partial charge on any atom is 0.270 e. The number of nitro groups is 1. The highest BCUT2D eigenvalue weighted by molar-refractivity contribution is 14.1. The maximum absolute atomic E-state index is 10.6. The molecule has 4 nitrogen and oxygen atoms in total. The van der Waals surface area contributed by atoms with Crippen LogP contribution in [0.15, 0.2) is 18.2 Å². The van der Waals surface area contributed by atoms with Crippen LogP contribution in [0.25, 0.3) is 0 Å². The highest BCUT2D eigenvalue weighted by Crippen LogP contribution is 2.28. The predicted molar refractivity (Wildman–Crippen MR) is 70.5 cm³/mol. The third kappa shape index (κ3) is 2.91. The number of aliphatic hydroxyl groups excluding tert-OH is 1. The number of rotatable bonds is 4. The van der Waals surface area contributed by atoms with Gasteiger partial charge in [-0.25, -0.2) is 0 Å². The summed E-state index contributed by atoms with van der Waals surface area (Å²) in [4.78, 5) is 10.2. The number of non-ortho nitro benzene ring substituents is 1. The van der Waals surface area contributed by atoms with Crippen LogP contribution in [0.1, 0.15) is 31.7 Å². The first-order valence-corrected chi connectivity index (χ1v) is 6.17. The molecule has 0 aliphatic rings. The molecule has 0 aliphatic heterocycles. The first kappa shape index (κ1) is 13.4. The Bertz CT molecular complexity index is 395. The lowest BCUT2D eigenvalue weighted by molar-refractivity contribution is -0.385. The Morgan fingerprint density at radius 3 is 2.62 bits per heavy atom. The molecule has 0 saturated heterocycles. The fourth-order valence-electron chi connectivity index (χ4n) is 1.56. The number of aliphatic hydroxyl groups is 1. The second-order valence-corrected chi connectivity index (χ2v) is 4.89. The number of hydrogen-bond acceptors (Lipinski definition) is 3. The van der Waals surface area contributed by atoms with E-state index in [1.54, 1.807) is 6.07 Å². The van der Waals surface area contributed by atoms with E-state index in [4.69, 9.17) is 0 Å². The predicted octanol–water partition coefficient (Wildman–Crippen LogP) is 3.07.